The normalized spacial score (nSPS) is 42.1. The van der Waals surface area contributed by atoms with E-state index >= 15 is 0 Å². The van der Waals surface area contributed by atoms with Gasteiger partial charge in [0.25, 0.3) is 0 Å². The number of aliphatic hydroxyl groups is 4. The largest absolute Gasteiger partial charge is 0.458 e. The molecule has 314 valence electrons. The fourth-order valence-corrected chi connectivity index (χ4v) is 7.54. The van der Waals surface area contributed by atoms with Crippen molar-refractivity contribution in [2.45, 2.75) is 154 Å². The van der Waals surface area contributed by atoms with Gasteiger partial charge in [-0.3, -0.25) is 0 Å². The maximum atomic E-state index is 13.0. The SMILES string of the molecule is CC[C@@H]1/C=C(/C)[C@@H](O)C/C=C/C=C(\CO)C(=O)O[C@H](C(C)C)C/C=C(C)/C=C(\C)[C@@H]1O[C@H]1O[C@@H](C)C(O[C@@H]2O[C@H](C)[C@@H](OC)[C@H](O)[C@H]2OC)[C@@H](N(C)C)[C@@H]1O. The number of carbonyl (C=O) groups excluding carboxylic acids is 1. The van der Waals surface area contributed by atoms with Crippen LogP contribution in [0.15, 0.2) is 58.7 Å². The highest BCUT2D eigenvalue weighted by molar-refractivity contribution is 5.89. The lowest BCUT2D eigenvalue weighted by Crippen LogP contribution is -2.66. The van der Waals surface area contributed by atoms with Crippen molar-refractivity contribution in [3.05, 3.63) is 58.7 Å². The second-order valence-corrected chi connectivity index (χ2v) is 15.7. The summed E-state index contributed by atoms with van der Waals surface area (Å²) in [6, 6.07) is -0.602. The molecule has 0 radical (unpaired) electrons. The Morgan fingerprint density at radius 3 is 2.11 bits per heavy atom. The first-order valence-corrected chi connectivity index (χ1v) is 19.6. The van der Waals surface area contributed by atoms with Crippen molar-refractivity contribution >= 4 is 5.97 Å². The van der Waals surface area contributed by atoms with Crippen LogP contribution in [0.3, 0.4) is 0 Å². The van der Waals surface area contributed by atoms with Crippen molar-refractivity contribution in [1.82, 2.24) is 4.90 Å². The summed E-state index contributed by atoms with van der Waals surface area (Å²) >= 11 is 0. The van der Waals surface area contributed by atoms with Gasteiger partial charge in [-0.2, -0.15) is 0 Å². The molecule has 0 bridgehead atoms. The molecule has 14 atom stereocenters. The van der Waals surface area contributed by atoms with E-state index in [1.54, 1.807) is 19.1 Å². The minimum atomic E-state index is -1.16. The topological polar surface area (TPSA) is 166 Å². The molecule has 2 saturated heterocycles. The first kappa shape index (κ1) is 47.1. The van der Waals surface area contributed by atoms with E-state index < -0.39 is 92.2 Å². The van der Waals surface area contributed by atoms with Gasteiger partial charge in [0.05, 0.1) is 42.6 Å². The lowest BCUT2D eigenvalue weighted by Gasteiger charge is -2.50. The number of likely N-dealkylation sites (N-methyl/N-ethyl adjacent to an activating group) is 1. The van der Waals surface area contributed by atoms with Crippen molar-refractivity contribution in [2.24, 2.45) is 11.8 Å². The molecule has 0 amide bonds. The summed E-state index contributed by atoms with van der Waals surface area (Å²) in [5.74, 6) is -0.770. The standard InChI is InChI=1S/C42H69NO12/c1-13-29-21-25(5)31(45)17-15-14-16-30(22-44)40(48)53-32(23(2)3)19-18-24(4)20-26(6)36(29)54-41-34(46)33(43(9)10)37(27(7)51-41)55-42-39(50-12)35(47)38(49-11)28(8)52-42/h14-16,18,20-21,23,27-29,31-39,41-42,44-47H,13,17,19,22H2,1-12H3/b15-14+,24-18+,25-21-,26-20+,30-16+/t27-,28+,29+,31-,32-,33-,34-,35-,36-,37?,38+,39+,41+,42-/m0/s1. The van der Waals surface area contributed by atoms with Crippen LogP contribution in [-0.4, -0.2) is 146 Å². The number of carbonyl (C=O) groups is 1. The molecule has 1 unspecified atom stereocenters. The molecule has 13 heteroatoms. The van der Waals surface area contributed by atoms with Gasteiger partial charge in [-0.05, 0) is 84.7 Å². The van der Waals surface area contributed by atoms with E-state index in [0.717, 1.165) is 16.7 Å². The highest BCUT2D eigenvalue weighted by Crippen LogP contribution is 2.35. The van der Waals surface area contributed by atoms with Crippen molar-refractivity contribution in [3.8, 4) is 0 Å². The van der Waals surface area contributed by atoms with E-state index in [2.05, 4.69) is 6.92 Å². The first-order chi connectivity index (χ1) is 26.0. The van der Waals surface area contributed by atoms with Crippen molar-refractivity contribution in [3.63, 3.8) is 0 Å². The fraction of sp³-hybridized carbons (Fsp3) is 0.738. The van der Waals surface area contributed by atoms with Gasteiger partial charge < -0.3 is 58.5 Å². The van der Waals surface area contributed by atoms with Gasteiger partial charge in [-0.15, -0.1) is 0 Å². The van der Waals surface area contributed by atoms with Crippen molar-refractivity contribution in [2.75, 3.05) is 34.9 Å². The Morgan fingerprint density at radius 1 is 0.891 bits per heavy atom. The third-order valence-corrected chi connectivity index (χ3v) is 10.9. The smallest absolute Gasteiger partial charge is 0.336 e. The summed E-state index contributed by atoms with van der Waals surface area (Å²) in [4.78, 5) is 14.8. The van der Waals surface area contributed by atoms with Gasteiger partial charge in [0, 0.05) is 26.6 Å². The Morgan fingerprint density at radius 2 is 1.53 bits per heavy atom. The Hall–Kier alpha value is -2.27. The zero-order chi connectivity index (χ0) is 41.1. The molecule has 0 saturated carbocycles. The summed E-state index contributed by atoms with van der Waals surface area (Å²) in [5.41, 5.74) is 2.68. The summed E-state index contributed by atoms with van der Waals surface area (Å²) in [6.45, 7) is 15.0. The number of ether oxygens (including phenoxy) is 7. The monoisotopic (exact) mass is 779 g/mol. The quantitative estimate of drug-likeness (QED) is 0.186. The molecule has 2 fully saturated rings. The van der Waals surface area contributed by atoms with E-state index in [-0.39, 0.29) is 23.8 Å². The number of aliphatic hydroxyl groups excluding tert-OH is 4. The van der Waals surface area contributed by atoms with Crippen LogP contribution in [0.1, 0.15) is 74.7 Å². The molecule has 0 aromatic heterocycles. The minimum absolute atomic E-state index is 0.0214. The molecule has 3 aliphatic heterocycles. The highest BCUT2D eigenvalue weighted by Gasteiger charge is 2.51. The zero-order valence-electron chi connectivity index (χ0n) is 35.0. The van der Waals surface area contributed by atoms with E-state index in [9.17, 15) is 25.2 Å². The Bertz CT molecular complexity index is 1370. The van der Waals surface area contributed by atoms with Crippen LogP contribution in [0, 0.1) is 11.8 Å². The van der Waals surface area contributed by atoms with E-state index in [4.69, 9.17) is 33.2 Å². The van der Waals surface area contributed by atoms with Crippen LogP contribution in [0.25, 0.3) is 0 Å². The number of hydrogen-bond acceptors (Lipinski definition) is 13. The minimum Gasteiger partial charge on any atom is -0.458 e. The molecule has 0 aliphatic carbocycles. The molecule has 0 aromatic rings. The van der Waals surface area contributed by atoms with Crippen molar-refractivity contribution in [1.29, 1.82) is 0 Å². The molecule has 3 aliphatic rings. The summed E-state index contributed by atoms with van der Waals surface area (Å²) in [6.07, 6.45) is 3.17. The van der Waals surface area contributed by atoms with Crippen molar-refractivity contribution < 1.29 is 58.4 Å². The molecule has 3 rings (SSSR count). The molecule has 0 aromatic carbocycles. The fourth-order valence-electron chi connectivity index (χ4n) is 7.54. The third-order valence-electron chi connectivity index (χ3n) is 10.9. The summed E-state index contributed by atoms with van der Waals surface area (Å²) < 4.78 is 42.8. The maximum absolute atomic E-state index is 13.0. The van der Waals surface area contributed by atoms with Crippen LogP contribution >= 0.6 is 0 Å². The summed E-state index contributed by atoms with van der Waals surface area (Å²) in [5, 5.41) is 44.0. The van der Waals surface area contributed by atoms with Gasteiger partial charge >= 0.3 is 5.97 Å². The van der Waals surface area contributed by atoms with E-state index in [1.165, 1.54) is 20.3 Å². The number of cyclic esters (lactones) is 1. The van der Waals surface area contributed by atoms with Gasteiger partial charge in [0.1, 0.15) is 36.6 Å². The predicted octanol–water partition coefficient (Wildman–Crippen LogP) is 3.99. The second kappa shape index (κ2) is 22.0. The Balaban J connectivity index is 2.00. The lowest BCUT2D eigenvalue weighted by atomic mass is 9.89. The Kier molecular flexibility index (Phi) is 18.9. The Labute approximate surface area is 328 Å². The zero-order valence-corrected chi connectivity index (χ0v) is 35.0. The number of allylic oxidation sites excluding steroid dienone is 4. The van der Waals surface area contributed by atoms with Gasteiger partial charge in [-0.25, -0.2) is 4.79 Å². The van der Waals surface area contributed by atoms with Crippen LogP contribution < -0.4 is 0 Å². The van der Waals surface area contributed by atoms with E-state index in [0.29, 0.717) is 12.8 Å². The van der Waals surface area contributed by atoms with Crippen LogP contribution in [0.5, 0.6) is 0 Å². The van der Waals surface area contributed by atoms with Crippen LogP contribution in [0.4, 0.5) is 0 Å². The molecule has 3 heterocycles. The number of rotatable bonds is 10. The highest BCUT2D eigenvalue weighted by atomic mass is 16.7. The van der Waals surface area contributed by atoms with E-state index in [1.807, 2.05) is 78.8 Å². The van der Waals surface area contributed by atoms with Gasteiger partial charge in [0.2, 0.25) is 0 Å². The molecule has 13 nitrogen and oxygen atoms in total. The average Bonchev–Trinajstić information content (AvgIpc) is 3.12. The first-order valence-electron chi connectivity index (χ1n) is 19.6. The second-order valence-electron chi connectivity index (χ2n) is 15.7. The van der Waals surface area contributed by atoms with Gasteiger partial charge in [-0.1, -0.05) is 56.7 Å². The van der Waals surface area contributed by atoms with Gasteiger partial charge in [0.15, 0.2) is 12.6 Å². The number of esters is 1. The maximum Gasteiger partial charge on any atom is 0.336 e. The number of hydrogen-bond donors (Lipinski definition) is 4. The third kappa shape index (κ3) is 12.4. The predicted molar refractivity (Wildman–Crippen MR) is 209 cm³/mol. The van der Waals surface area contributed by atoms with Crippen LogP contribution in [0.2, 0.25) is 0 Å². The molecular formula is C42H69NO12. The number of nitrogens with zero attached hydrogens (tertiary/aromatic N) is 1. The molecule has 0 spiro atoms. The summed E-state index contributed by atoms with van der Waals surface area (Å²) in [7, 11) is 6.68. The number of methoxy groups -OCH3 is 2. The lowest BCUT2D eigenvalue weighted by molar-refractivity contribution is -0.351. The van der Waals surface area contributed by atoms with Crippen LogP contribution in [-0.2, 0) is 38.0 Å². The molecule has 55 heavy (non-hydrogen) atoms. The molecular weight excluding hydrogens is 710 g/mol. The average molecular weight is 780 g/mol. The molecule has 4 N–H and O–H groups in total.